The lowest BCUT2D eigenvalue weighted by molar-refractivity contribution is 0.322. The number of hydrogen-bond acceptors (Lipinski definition) is 5. The molecule has 0 bridgehead atoms. The number of likely N-dealkylation sites (N-methyl/N-ethyl adjacent to an activating group) is 1. The first-order valence-electron chi connectivity index (χ1n) is 7.22. The SMILES string of the molecule is CCCNc1nc(C)cc(NCC2CCCN2C)n1. The van der Waals surface area contributed by atoms with E-state index < -0.39 is 0 Å². The molecule has 2 rings (SSSR count). The summed E-state index contributed by atoms with van der Waals surface area (Å²) in [4.78, 5) is 11.3. The van der Waals surface area contributed by atoms with Gasteiger partial charge in [0, 0.05) is 30.9 Å². The average molecular weight is 263 g/mol. The molecule has 1 aromatic rings. The van der Waals surface area contributed by atoms with Crippen LogP contribution in [0.25, 0.3) is 0 Å². The molecule has 2 N–H and O–H groups in total. The van der Waals surface area contributed by atoms with Crippen molar-refractivity contribution in [2.24, 2.45) is 0 Å². The number of nitrogens with one attached hydrogen (secondary N) is 2. The van der Waals surface area contributed by atoms with E-state index in [4.69, 9.17) is 0 Å². The van der Waals surface area contributed by atoms with Crippen molar-refractivity contribution in [3.8, 4) is 0 Å². The summed E-state index contributed by atoms with van der Waals surface area (Å²) in [5, 5.41) is 6.68. The Labute approximate surface area is 115 Å². The molecule has 1 fully saturated rings. The van der Waals surface area contributed by atoms with Gasteiger partial charge in [-0.3, -0.25) is 0 Å². The zero-order valence-corrected chi connectivity index (χ0v) is 12.2. The van der Waals surface area contributed by atoms with E-state index in [1.807, 2.05) is 13.0 Å². The van der Waals surface area contributed by atoms with Crippen molar-refractivity contribution >= 4 is 11.8 Å². The van der Waals surface area contributed by atoms with Crippen LogP contribution in [-0.4, -0.2) is 47.6 Å². The van der Waals surface area contributed by atoms with Gasteiger partial charge in [-0.25, -0.2) is 4.98 Å². The van der Waals surface area contributed by atoms with E-state index in [9.17, 15) is 0 Å². The molecule has 0 spiro atoms. The van der Waals surface area contributed by atoms with E-state index in [-0.39, 0.29) is 0 Å². The smallest absolute Gasteiger partial charge is 0.224 e. The van der Waals surface area contributed by atoms with Gasteiger partial charge in [0.1, 0.15) is 5.82 Å². The largest absolute Gasteiger partial charge is 0.368 e. The molecule has 1 aliphatic heterocycles. The average Bonchev–Trinajstić information content (AvgIpc) is 2.79. The maximum absolute atomic E-state index is 4.51. The molecule has 1 aromatic heterocycles. The summed E-state index contributed by atoms with van der Waals surface area (Å²) in [7, 11) is 2.19. The van der Waals surface area contributed by atoms with Gasteiger partial charge in [-0.05, 0) is 39.8 Å². The standard InChI is InChI=1S/C14H25N5/c1-4-7-15-14-17-11(2)9-13(18-14)16-10-12-6-5-8-19(12)3/h9,12H,4-8,10H2,1-3H3,(H2,15,16,17,18). The Morgan fingerprint density at radius 2 is 2.21 bits per heavy atom. The van der Waals surface area contributed by atoms with E-state index in [0.29, 0.717) is 6.04 Å². The molecular formula is C14H25N5. The van der Waals surface area contributed by atoms with Crippen LogP contribution in [0, 0.1) is 6.92 Å². The first-order chi connectivity index (χ1) is 9.19. The summed E-state index contributed by atoms with van der Waals surface area (Å²) in [5.41, 5.74) is 0.996. The van der Waals surface area contributed by atoms with E-state index in [0.717, 1.165) is 37.0 Å². The third kappa shape index (κ3) is 4.06. The zero-order valence-electron chi connectivity index (χ0n) is 12.2. The van der Waals surface area contributed by atoms with Gasteiger partial charge in [-0.1, -0.05) is 6.92 Å². The molecule has 0 saturated carbocycles. The highest BCUT2D eigenvalue weighted by Crippen LogP contribution is 2.16. The molecule has 1 atom stereocenters. The maximum Gasteiger partial charge on any atom is 0.224 e. The lowest BCUT2D eigenvalue weighted by Crippen LogP contribution is -2.31. The van der Waals surface area contributed by atoms with Gasteiger partial charge in [0.05, 0.1) is 0 Å². The van der Waals surface area contributed by atoms with Crippen molar-refractivity contribution in [2.45, 2.75) is 39.2 Å². The van der Waals surface area contributed by atoms with Crippen LogP contribution in [0.15, 0.2) is 6.07 Å². The monoisotopic (exact) mass is 263 g/mol. The van der Waals surface area contributed by atoms with Crippen molar-refractivity contribution in [1.82, 2.24) is 14.9 Å². The van der Waals surface area contributed by atoms with Gasteiger partial charge in [0.25, 0.3) is 0 Å². The highest BCUT2D eigenvalue weighted by atomic mass is 15.2. The van der Waals surface area contributed by atoms with Crippen LogP contribution in [-0.2, 0) is 0 Å². The van der Waals surface area contributed by atoms with Crippen LogP contribution in [0.2, 0.25) is 0 Å². The molecule has 0 aliphatic carbocycles. The minimum Gasteiger partial charge on any atom is -0.368 e. The second kappa shape index (κ2) is 6.70. The Bertz CT molecular complexity index is 407. The van der Waals surface area contributed by atoms with Crippen LogP contribution in [0.5, 0.6) is 0 Å². The molecule has 0 radical (unpaired) electrons. The van der Waals surface area contributed by atoms with Gasteiger partial charge in [-0.15, -0.1) is 0 Å². The molecule has 106 valence electrons. The molecule has 19 heavy (non-hydrogen) atoms. The van der Waals surface area contributed by atoms with Gasteiger partial charge in [-0.2, -0.15) is 4.98 Å². The van der Waals surface area contributed by atoms with Gasteiger partial charge >= 0.3 is 0 Å². The summed E-state index contributed by atoms with van der Waals surface area (Å²) in [6, 6.07) is 2.63. The quantitative estimate of drug-likeness (QED) is 0.823. The van der Waals surface area contributed by atoms with E-state index in [1.165, 1.54) is 19.4 Å². The lowest BCUT2D eigenvalue weighted by atomic mass is 10.2. The Morgan fingerprint density at radius 3 is 2.89 bits per heavy atom. The first-order valence-corrected chi connectivity index (χ1v) is 7.22. The molecule has 0 aromatic carbocycles. The highest BCUT2D eigenvalue weighted by molar-refractivity contribution is 5.42. The van der Waals surface area contributed by atoms with Crippen LogP contribution in [0.4, 0.5) is 11.8 Å². The highest BCUT2D eigenvalue weighted by Gasteiger charge is 2.20. The summed E-state index contributed by atoms with van der Waals surface area (Å²) in [6.45, 7) is 7.22. The van der Waals surface area contributed by atoms with E-state index >= 15 is 0 Å². The van der Waals surface area contributed by atoms with Crippen molar-refractivity contribution in [2.75, 3.05) is 37.3 Å². The summed E-state index contributed by atoms with van der Waals surface area (Å²) in [6.07, 6.45) is 3.65. The maximum atomic E-state index is 4.51. The predicted octanol–water partition coefficient (Wildman–Crippen LogP) is 2.11. The van der Waals surface area contributed by atoms with Gasteiger partial charge in [0.15, 0.2) is 0 Å². The van der Waals surface area contributed by atoms with Crippen molar-refractivity contribution in [3.05, 3.63) is 11.8 Å². The van der Waals surface area contributed by atoms with Gasteiger partial charge in [0.2, 0.25) is 5.95 Å². The van der Waals surface area contributed by atoms with Crippen LogP contribution in [0.1, 0.15) is 31.9 Å². The van der Waals surface area contributed by atoms with Gasteiger partial charge < -0.3 is 15.5 Å². The molecule has 0 amide bonds. The zero-order chi connectivity index (χ0) is 13.7. The number of rotatable bonds is 6. The third-order valence-corrected chi connectivity index (χ3v) is 3.58. The molecule has 1 saturated heterocycles. The fourth-order valence-corrected chi connectivity index (χ4v) is 2.43. The van der Waals surface area contributed by atoms with Crippen molar-refractivity contribution in [3.63, 3.8) is 0 Å². The minimum atomic E-state index is 0.627. The number of nitrogens with zero attached hydrogens (tertiary/aromatic N) is 3. The molecule has 1 unspecified atom stereocenters. The molecule has 5 nitrogen and oxygen atoms in total. The lowest BCUT2D eigenvalue weighted by Gasteiger charge is -2.20. The van der Waals surface area contributed by atoms with E-state index in [2.05, 4.69) is 39.5 Å². The number of hydrogen-bond donors (Lipinski definition) is 2. The van der Waals surface area contributed by atoms with Crippen LogP contribution < -0.4 is 10.6 Å². The van der Waals surface area contributed by atoms with Crippen molar-refractivity contribution in [1.29, 1.82) is 0 Å². The fraction of sp³-hybridized carbons (Fsp3) is 0.714. The van der Waals surface area contributed by atoms with Crippen molar-refractivity contribution < 1.29 is 0 Å². The Morgan fingerprint density at radius 1 is 1.37 bits per heavy atom. The van der Waals surface area contributed by atoms with Crippen LogP contribution >= 0.6 is 0 Å². The Balaban J connectivity index is 1.93. The second-order valence-electron chi connectivity index (χ2n) is 5.30. The molecule has 2 heterocycles. The second-order valence-corrected chi connectivity index (χ2v) is 5.30. The van der Waals surface area contributed by atoms with Crippen LogP contribution in [0.3, 0.4) is 0 Å². The number of aromatic nitrogens is 2. The first kappa shape index (κ1) is 14.1. The summed E-state index contributed by atoms with van der Waals surface area (Å²) in [5.74, 6) is 1.65. The summed E-state index contributed by atoms with van der Waals surface area (Å²) >= 11 is 0. The summed E-state index contributed by atoms with van der Waals surface area (Å²) < 4.78 is 0. The number of likely N-dealkylation sites (tertiary alicyclic amines) is 1. The molecule has 1 aliphatic rings. The minimum absolute atomic E-state index is 0.627. The normalized spacial score (nSPS) is 19.6. The fourth-order valence-electron chi connectivity index (χ4n) is 2.43. The molecular weight excluding hydrogens is 238 g/mol. The number of anilines is 2. The third-order valence-electron chi connectivity index (χ3n) is 3.58. The Hall–Kier alpha value is -1.36. The number of aryl methyl sites for hydroxylation is 1. The predicted molar refractivity (Wildman–Crippen MR) is 79.7 cm³/mol. The topological polar surface area (TPSA) is 53.1 Å². The Kier molecular flexibility index (Phi) is 4.96. The molecule has 5 heteroatoms. The van der Waals surface area contributed by atoms with E-state index in [1.54, 1.807) is 0 Å².